The maximum Gasteiger partial charge on any atom is 0.0726 e. The van der Waals surface area contributed by atoms with Gasteiger partial charge in [-0.3, -0.25) is 0 Å². The van der Waals surface area contributed by atoms with Crippen molar-refractivity contribution in [2.75, 3.05) is 4.90 Å². The molecular weight excluding hydrogens is 687 g/mol. The molecule has 0 radical (unpaired) electrons. The number of rotatable bonds is 4. The second kappa shape index (κ2) is 11.8. The van der Waals surface area contributed by atoms with Gasteiger partial charge in [0.2, 0.25) is 0 Å². The Hall–Kier alpha value is -6.96. The number of hydrogen-bond donors (Lipinski definition) is 0. The van der Waals surface area contributed by atoms with Crippen molar-refractivity contribution >= 4 is 27.8 Å². The van der Waals surface area contributed by atoms with E-state index in [1.807, 2.05) is 0 Å². The van der Waals surface area contributed by atoms with Gasteiger partial charge >= 0.3 is 0 Å². The largest absolute Gasteiger partial charge is 0.310 e. The molecule has 0 saturated carbocycles. The molecular formula is C56H39N. The van der Waals surface area contributed by atoms with Crippen LogP contribution in [0.4, 0.5) is 17.1 Å². The molecule has 3 aliphatic rings. The van der Waals surface area contributed by atoms with E-state index in [2.05, 4.69) is 219 Å². The highest BCUT2D eigenvalue weighted by Crippen LogP contribution is 2.63. The summed E-state index contributed by atoms with van der Waals surface area (Å²) in [7, 11) is 0. The molecule has 268 valence electrons. The average molecular weight is 726 g/mol. The smallest absolute Gasteiger partial charge is 0.0726 e. The van der Waals surface area contributed by atoms with Gasteiger partial charge in [-0.05, 0) is 119 Å². The summed E-state index contributed by atoms with van der Waals surface area (Å²) in [6.45, 7) is 4.80. The lowest BCUT2D eigenvalue weighted by molar-refractivity contribution is 0.645. The van der Waals surface area contributed by atoms with Crippen LogP contribution in [0.15, 0.2) is 200 Å². The van der Waals surface area contributed by atoms with Gasteiger partial charge in [-0.1, -0.05) is 178 Å². The molecule has 0 amide bonds. The van der Waals surface area contributed by atoms with Crippen molar-refractivity contribution in [2.45, 2.75) is 24.7 Å². The molecule has 57 heavy (non-hydrogen) atoms. The Balaban J connectivity index is 1.15. The van der Waals surface area contributed by atoms with Crippen molar-refractivity contribution in [1.82, 2.24) is 0 Å². The fourth-order valence-corrected chi connectivity index (χ4v) is 10.8. The monoisotopic (exact) mass is 725 g/mol. The van der Waals surface area contributed by atoms with E-state index in [0.717, 1.165) is 11.4 Å². The Morgan fingerprint density at radius 1 is 0.351 bits per heavy atom. The number of anilines is 3. The summed E-state index contributed by atoms with van der Waals surface area (Å²) < 4.78 is 0. The third-order valence-electron chi connectivity index (χ3n) is 13.3. The number of fused-ring (bicyclic) bond motifs is 12. The van der Waals surface area contributed by atoms with Gasteiger partial charge in [-0.15, -0.1) is 0 Å². The number of benzene rings is 9. The van der Waals surface area contributed by atoms with Crippen LogP contribution >= 0.6 is 0 Å². The number of para-hydroxylation sites is 1. The van der Waals surface area contributed by atoms with Crippen LogP contribution in [-0.2, 0) is 10.8 Å². The second-order valence-corrected chi connectivity index (χ2v) is 16.4. The molecule has 0 fully saturated rings. The van der Waals surface area contributed by atoms with Gasteiger partial charge in [-0.25, -0.2) is 0 Å². The fraction of sp³-hybridized carbons (Fsp3) is 0.0714. The number of hydrogen-bond acceptors (Lipinski definition) is 1. The molecule has 3 aliphatic carbocycles. The Labute approximate surface area is 334 Å². The van der Waals surface area contributed by atoms with E-state index in [0.29, 0.717) is 0 Å². The van der Waals surface area contributed by atoms with E-state index in [4.69, 9.17) is 0 Å². The van der Waals surface area contributed by atoms with Crippen molar-refractivity contribution in [3.63, 3.8) is 0 Å². The molecule has 0 unspecified atom stereocenters. The minimum atomic E-state index is -0.424. The van der Waals surface area contributed by atoms with Crippen LogP contribution in [0.5, 0.6) is 0 Å². The van der Waals surface area contributed by atoms with E-state index in [9.17, 15) is 0 Å². The van der Waals surface area contributed by atoms with Crippen molar-refractivity contribution in [3.05, 3.63) is 234 Å². The molecule has 9 aromatic carbocycles. The molecule has 12 rings (SSSR count). The van der Waals surface area contributed by atoms with Gasteiger partial charge in [0, 0.05) is 22.4 Å². The molecule has 9 aromatic rings. The van der Waals surface area contributed by atoms with Crippen LogP contribution in [0.25, 0.3) is 55.3 Å². The topological polar surface area (TPSA) is 3.24 Å². The van der Waals surface area contributed by atoms with Crippen LogP contribution in [0.2, 0.25) is 0 Å². The summed E-state index contributed by atoms with van der Waals surface area (Å²) in [6.07, 6.45) is 0. The Bertz CT molecular complexity index is 3030. The summed E-state index contributed by atoms with van der Waals surface area (Å²) in [5.41, 5.74) is 21.3. The Morgan fingerprint density at radius 2 is 0.912 bits per heavy atom. The quantitative estimate of drug-likeness (QED) is 0.175. The highest BCUT2D eigenvalue weighted by Gasteiger charge is 2.51. The molecule has 1 heteroatoms. The Kier molecular flexibility index (Phi) is 6.67. The highest BCUT2D eigenvalue weighted by molar-refractivity contribution is 6.10. The zero-order valence-corrected chi connectivity index (χ0v) is 32.0. The summed E-state index contributed by atoms with van der Waals surface area (Å²) >= 11 is 0. The summed E-state index contributed by atoms with van der Waals surface area (Å²) in [5.74, 6) is 0. The lowest BCUT2D eigenvalue weighted by atomic mass is 9.67. The first-order chi connectivity index (χ1) is 28.0. The van der Waals surface area contributed by atoms with Crippen molar-refractivity contribution in [1.29, 1.82) is 0 Å². The number of nitrogens with zero attached hydrogens (tertiary/aromatic N) is 1. The lowest BCUT2D eigenvalue weighted by Crippen LogP contribution is -2.26. The maximum absolute atomic E-state index is 2.52. The Morgan fingerprint density at radius 3 is 1.58 bits per heavy atom. The normalized spacial score (nSPS) is 14.4. The van der Waals surface area contributed by atoms with Crippen LogP contribution in [-0.4, -0.2) is 0 Å². The first-order valence-electron chi connectivity index (χ1n) is 20.1. The van der Waals surface area contributed by atoms with Crippen LogP contribution in [0.1, 0.15) is 47.2 Å². The molecule has 0 saturated heterocycles. The minimum absolute atomic E-state index is 0.197. The summed E-state index contributed by atoms with van der Waals surface area (Å²) in [4.78, 5) is 2.52. The second-order valence-electron chi connectivity index (χ2n) is 16.4. The van der Waals surface area contributed by atoms with E-state index in [-0.39, 0.29) is 5.41 Å². The molecule has 0 atom stereocenters. The molecule has 1 spiro atoms. The molecule has 0 heterocycles. The van der Waals surface area contributed by atoms with Gasteiger partial charge < -0.3 is 4.90 Å². The molecule has 0 N–H and O–H groups in total. The van der Waals surface area contributed by atoms with E-state index >= 15 is 0 Å². The maximum atomic E-state index is 2.52. The van der Waals surface area contributed by atoms with E-state index < -0.39 is 5.41 Å². The molecule has 0 bridgehead atoms. The van der Waals surface area contributed by atoms with Gasteiger partial charge in [0.05, 0.1) is 11.1 Å². The standard InChI is InChI=1S/C56H39N/c1-55(2)49-27-15-18-37-29-33-52(54(53(37)49)45-31-28-38(34-50(45)55)36-16-5-3-6-17-36)57(39-19-7-4-8-20-39)40-30-32-44-43-23-11-14-26-48(43)56(51(44)35-40)46-24-12-9-21-41(46)42-22-10-13-25-47(42)56/h3-35H,1-2H3. The third-order valence-corrected chi connectivity index (χ3v) is 13.3. The van der Waals surface area contributed by atoms with E-state index in [1.54, 1.807) is 0 Å². The SMILES string of the molecule is CC1(C)c2cc(-c3ccccc3)ccc2-c2c(N(c3ccccc3)c3ccc4c(c3)C3(c5ccccc5-c5ccccc53)c3ccccc3-4)ccc3cccc1c23. The predicted molar refractivity (Wildman–Crippen MR) is 238 cm³/mol. The third kappa shape index (κ3) is 4.29. The van der Waals surface area contributed by atoms with Crippen LogP contribution < -0.4 is 4.90 Å². The zero-order valence-electron chi connectivity index (χ0n) is 32.0. The van der Waals surface area contributed by atoms with Crippen LogP contribution in [0, 0.1) is 0 Å². The lowest BCUT2D eigenvalue weighted by Gasteiger charge is -2.38. The predicted octanol–water partition coefficient (Wildman–Crippen LogP) is 14.6. The van der Waals surface area contributed by atoms with Gasteiger partial charge in [0.15, 0.2) is 0 Å². The van der Waals surface area contributed by atoms with Gasteiger partial charge in [0.1, 0.15) is 0 Å². The minimum Gasteiger partial charge on any atom is -0.310 e. The van der Waals surface area contributed by atoms with Crippen LogP contribution in [0.3, 0.4) is 0 Å². The van der Waals surface area contributed by atoms with Crippen molar-refractivity contribution < 1.29 is 0 Å². The van der Waals surface area contributed by atoms with E-state index in [1.165, 1.54) is 94.3 Å². The molecule has 0 aliphatic heterocycles. The van der Waals surface area contributed by atoms with Crippen molar-refractivity contribution in [3.8, 4) is 44.5 Å². The fourth-order valence-electron chi connectivity index (χ4n) is 10.8. The zero-order chi connectivity index (χ0) is 37.9. The summed E-state index contributed by atoms with van der Waals surface area (Å²) in [5, 5.41) is 2.61. The first-order valence-corrected chi connectivity index (χ1v) is 20.1. The van der Waals surface area contributed by atoms with Gasteiger partial charge in [0.25, 0.3) is 0 Å². The average Bonchev–Trinajstić information content (AvgIpc) is 3.73. The first kappa shape index (κ1) is 32.3. The molecule has 0 aromatic heterocycles. The highest BCUT2D eigenvalue weighted by atomic mass is 15.1. The molecule has 1 nitrogen and oxygen atoms in total. The van der Waals surface area contributed by atoms with Gasteiger partial charge in [-0.2, -0.15) is 0 Å². The van der Waals surface area contributed by atoms with Crippen molar-refractivity contribution in [2.24, 2.45) is 0 Å². The summed E-state index contributed by atoms with van der Waals surface area (Å²) in [6, 6.07) is 74.9.